The molecule has 0 aromatic heterocycles. The zero-order valence-corrected chi connectivity index (χ0v) is 6.14. The quantitative estimate of drug-likeness (QED) is 0.240. The van der Waals surface area contributed by atoms with Gasteiger partial charge in [-0.1, -0.05) is 17.0 Å². The van der Waals surface area contributed by atoms with Crippen molar-refractivity contribution in [1.29, 1.82) is 0 Å². The molecule has 0 saturated carbocycles. The summed E-state index contributed by atoms with van der Waals surface area (Å²) in [6.45, 7) is 3.69. The molecule has 0 saturated heterocycles. The van der Waals surface area contributed by atoms with Crippen molar-refractivity contribution in [3.05, 3.63) is 0 Å². The molecule has 0 heterocycles. The third kappa shape index (κ3) is 4.74. The number of nitrogens with zero attached hydrogens (tertiary/aromatic N) is 1. The molecule has 0 rings (SSSR count). The van der Waals surface area contributed by atoms with Crippen LogP contribution in [0.3, 0.4) is 0 Å². The van der Waals surface area contributed by atoms with Gasteiger partial charge in [-0.25, -0.2) is 0 Å². The summed E-state index contributed by atoms with van der Waals surface area (Å²) in [7, 11) is 0. The number of terminal acetylenes is 1. The molecular formula is C8H9NO. The Bertz CT molecular complexity index is 212. The Morgan fingerprint density at radius 1 is 1.70 bits per heavy atom. The molecule has 0 amide bonds. The van der Waals surface area contributed by atoms with E-state index in [9.17, 15) is 0 Å². The van der Waals surface area contributed by atoms with Crippen LogP contribution >= 0.6 is 0 Å². The first-order chi connectivity index (χ1) is 4.81. The maximum Gasteiger partial charge on any atom is 0.177 e. The van der Waals surface area contributed by atoms with Crippen LogP contribution in [0.4, 0.5) is 0 Å². The zero-order chi connectivity index (χ0) is 7.82. The van der Waals surface area contributed by atoms with Gasteiger partial charge in [0.1, 0.15) is 5.71 Å². The Kier molecular flexibility index (Phi) is 4.91. The summed E-state index contributed by atoms with van der Waals surface area (Å²) in [5.41, 5.74) is 0.637. The molecule has 52 valence electrons. The summed E-state index contributed by atoms with van der Waals surface area (Å²) < 4.78 is 0. The average molecular weight is 135 g/mol. The van der Waals surface area contributed by atoms with Gasteiger partial charge in [0.05, 0.1) is 0 Å². The highest BCUT2D eigenvalue weighted by molar-refractivity contribution is 5.97. The van der Waals surface area contributed by atoms with Crippen LogP contribution in [0.1, 0.15) is 13.8 Å². The van der Waals surface area contributed by atoms with E-state index in [1.54, 1.807) is 13.8 Å². The minimum atomic E-state index is 0.197. The SMILES string of the molecule is C#CCO/N=C(\C)C#CC. The van der Waals surface area contributed by atoms with Crippen LogP contribution in [0.25, 0.3) is 0 Å². The molecule has 0 aliphatic carbocycles. The molecule has 0 spiro atoms. The highest BCUT2D eigenvalue weighted by Crippen LogP contribution is 1.77. The molecule has 0 aromatic carbocycles. The molecule has 0 bridgehead atoms. The molecule has 0 fully saturated rings. The van der Waals surface area contributed by atoms with Crippen LogP contribution in [-0.4, -0.2) is 12.3 Å². The molecule has 0 N–H and O–H groups in total. The van der Waals surface area contributed by atoms with Crippen molar-refractivity contribution < 1.29 is 4.84 Å². The standard InChI is InChI=1S/C8H9NO/c1-4-6-8(3)9-10-7-5-2/h2H,7H2,1,3H3/b9-8+. The third-order valence-electron chi connectivity index (χ3n) is 0.655. The smallest absolute Gasteiger partial charge is 0.177 e. The number of oxime groups is 1. The lowest BCUT2D eigenvalue weighted by molar-refractivity contribution is 0.180. The Hall–Kier alpha value is -1.41. The second-order valence-electron chi connectivity index (χ2n) is 1.53. The van der Waals surface area contributed by atoms with Gasteiger partial charge in [-0.2, -0.15) is 0 Å². The molecule has 0 unspecified atom stereocenters. The van der Waals surface area contributed by atoms with E-state index in [2.05, 4.69) is 27.8 Å². The Balaban J connectivity index is 3.68. The highest BCUT2D eigenvalue weighted by atomic mass is 16.6. The number of hydrogen-bond acceptors (Lipinski definition) is 2. The first-order valence-corrected chi connectivity index (χ1v) is 2.84. The van der Waals surface area contributed by atoms with Crippen LogP contribution in [0, 0.1) is 24.2 Å². The maximum absolute atomic E-state index is 4.91. The first-order valence-electron chi connectivity index (χ1n) is 2.84. The van der Waals surface area contributed by atoms with Gasteiger partial charge >= 0.3 is 0 Å². The summed E-state index contributed by atoms with van der Waals surface area (Å²) in [6.07, 6.45) is 4.91. The second-order valence-corrected chi connectivity index (χ2v) is 1.53. The van der Waals surface area contributed by atoms with Gasteiger partial charge in [0.2, 0.25) is 0 Å². The van der Waals surface area contributed by atoms with E-state index in [1.165, 1.54) is 0 Å². The predicted octanol–water partition coefficient (Wildman–Crippen LogP) is 1.04. The zero-order valence-electron chi connectivity index (χ0n) is 6.14. The van der Waals surface area contributed by atoms with Crippen molar-refractivity contribution in [2.45, 2.75) is 13.8 Å². The van der Waals surface area contributed by atoms with E-state index in [0.29, 0.717) is 5.71 Å². The number of rotatable bonds is 2. The summed E-state index contributed by atoms with van der Waals surface area (Å²) in [4.78, 5) is 4.65. The van der Waals surface area contributed by atoms with Crippen LogP contribution in [0.15, 0.2) is 5.16 Å². The lowest BCUT2D eigenvalue weighted by atomic mass is 10.4. The van der Waals surface area contributed by atoms with E-state index in [0.717, 1.165) is 0 Å². The van der Waals surface area contributed by atoms with Gasteiger partial charge in [-0.3, -0.25) is 0 Å². The topological polar surface area (TPSA) is 21.6 Å². The average Bonchev–Trinajstić information content (AvgIpc) is 1.89. The first kappa shape index (κ1) is 8.59. The van der Waals surface area contributed by atoms with Crippen molar-refractivity contribution in [3.63, 3.8) is 0 Å². The van der Waals surface area contributed by atoms with E-state index < -0.39 is 0 Å². The summed E-state index contributed by atoms with van der Waals surface area (Å²) in [5, 5.41) is 3.60. The predicted molar refractivity (Wildman–Crippen MR) is 41.3 cm³/mol. The fraction of sp³-hybridized carbons (Fsp3) is 0.375. The monoisotopic (exact) mass is 135 g/mol. The maximum atomic E-state index is 4.91. The summed E-state index contributed by atoms with van der Waals surface area (Å²) in [6, 6.07) is 0. The fourth-order valence-corrected chi connectivity index (χ4v) is 0.370. The van der Waals surface area contributed by atoms with Gasteiger partial charge in [-0.15, -0.1) is 6.42 Å². The molecule has 0 aliphatic rings. The number of hydrogen-bond donors (Lipinski definition) is 0. The van der Waals surface area contributed by atoms with E-state index >= 15 is 0 Å². The van der Waals surface area contributed by atoms with Gasteiger partial charge < -0.3 is 4.84 Å². The molecule has 0 radical (unpaired) electrons. The van der Waals surface area contributed by atoms with Crippen LogP contribution < -0.4 is 0 Å². The normalized spacial score (nSPS) is 9.10. The molecule has 0 aliphatic heterocycles. The van der Waals surface area contributed by atoms with Crippen molar-refractivity contribution in [1.82, 2.24) is 0 Å². The lowest BCUT2D eigenvalue weighted by Crippen LogP contribution is -1.89. The van der Waals surface area contributed by atoms with E-state index in [4.69, 9.17) is 6.42 Å². The lowest BCUT2D eigenvalue weighted by Gasteiger charge is -1.89. The van der Waals surface area contributed by atoms with Gasteiger partial charge in [0.25, 0.3) is 0 Å². The largest absolute Gasteiger partial charge is 0.382 e. The molecule has 0 atom stereocenters. The Morgan fingerprint density at radius 3 is 2.90 bits per heavy atom. The molecule has 2 nitrogen and oxygen atoms in total. The van der Waals surface area contributed by atoms with Crippen LogP contribution in [0.2, 0.25) is 0 Å². The van der Waals surface area contributed by atoms with Crippen molar-refractivity contribution in [3.8, 4) is 24.2 Å². The highest BCUT2D eigenvalue weighted by Gasteiger charge is 1.80. The van der Waals surface area contributed by atoms with Gasteiger partial charge in [0.15, 0.2) is 6.61 Å². The van der Waals surface area contributed by atoms with E-state index in [-0.39, 0.29) is 6.61 Å². The van der Waals surface area contributed by atoms with Crippen LogP contribution in [-0.2, 0) is 4.84 Å². The molecule has 0 aromatic rings. The molecular weight excluding hydrogens is 126 g/mol. The molecule has 2 heteroatoms. The molecule has 10 heavy (non-hydrogen) atoms. The van der Waals surface area contributed by atoms with E-state index in [1.807, 2.05) is 0 Å². The summed E-state index contributed by atoms with van der Waals surface area (Å²) >= 11 is 0. The van der Waals surface area contributed by atoms with Crippen molar-refractivity contribution in [2.24, 2.45) is 5.16 Å². The minimum Gasteiger partial charge on any atom is -0.382 e. The van der Waals surface area contributed by atoms with Crippen molar-refractivity contribution >= 4 is 5.71 Å². The van der Waals surface area contributed by atoms with Crippen molar-refractivity contribution in [2.75, 3.05) is 6.61 Å². The third-order valence-corrected chi connectivity index (χ3v) is 0.655. The Labute approximate surface area is 61.3 Å². The fourth-order valence-electron chi connectivity index (χ4n) is 0.370. The van der Waals surface area contributed by atoms with Gasteiger partial charge in [-0.05, 0) is 19.8 Å². The van der Waals surface area contributed by atoms with Crippen LogP contribution in [0.5, 0.6) is 0 Å². The summed E-state index contributed by atoms with van der Waals surface area (Å²) in [5.74, 6) is 7.68. The van der Waals surface area contributed by atoms with Gasteiger partial charge in [0, 0.05) is 0 Å². The minimum absolute atomic E-state index is 0.197. The second kappa shape index (κ2) is 5.72. The Morgan fingerprint density at radius 2 is 2.40 bits per heavy atom.